The van der Waals surface area contributed by atoms with Gasteiger partial charge in [-0.15, -0.1) is 0 Å². The summed E-state index contributed by atoms with van der Waals surface area (Å²) in [4.78, 5) is 0. The smallest absolute Gasteiger partial charge is 0.130 e. The van der Waals surface area contributed by atoms with Crippen LogP contribution < -0.4 is 10.6 Å². The van der Waals surface area contributed by atoms with E-state index in [1.807, 2.05) is 48.5 Å². The maximum Gasteiger partial charge on any atom is 0.130 e. The van der Waals surface area contributed by atoms with Crippen LogP contribution in [-0.2, 0) is 9.47 Å². The van der Waals surface area contributed by atoms with Crippen molar-refractivity contribution in [1.29, 1.82) is 0 Å². The molecule has 2 heterocycles. The van der Waals surface area contributed by atoms with E-state index < -0.39 is 24.4 Å². The summed E-state index contributed by atoms with van der Waals surface area (Å²) in [5.41, 5.74) is 3.87. The Morgan fingerprint density at radius 2 is 1.03 bits per heavy atom. The average Bonchev–Trinajstić information content (AvgIpc) is 3.30. The predicted octanol–water partition coefficient (Wildman–Crippen LogP) is 1.11. The van der Waals surface area contributed by atoms with Crippen molar-refractivity contribution < 1.29 is 29.9 Å². The van der Waals surface area contributed by atoms with Crippen LogP contribution in [0.4, 0.5) is 11.4 Å². The Bertz CT molecular complexity index is 746. The molecule has 162 valence electrons. The fourth-order valence-corrected chi connectivity index (χ4v) is 3.86. The van der Waals surface area contributed by atoms with E-state index in [0.29, 0.717) is 12.8 Å². The molecule has 30 heavy (non-hydrogen) atoms. The van der Waals surface area contributed by atoms with E-state index in [9.17, 15) is 20.4 Å². The lowest BCUT2D eigenvalue weighted by Gasteiger charge is -2.16. The minimum Gasteiger partial charge on any atom is -0.394 e. The van der Waals surface area contributed by atoms with Gasteiger partial charge >= 0.3 is 0 Å². The van der Waals surface area contributed by atoms with Gasteiger partial charge in [0, 0.05) is 24.2 Å². The molecule has 4 rings (SSSR count). The van der Waals surface area contributed by atoms with Gasteiger partial charge < -0.3 is 40.5 Å². The summed E-state index contributed by atoms with van der Waals surface area (Å²) in [6.07, 6.45) is -2.18. The minimum atomic E-state index is -0.661. The second-order valence-electron chi connectivity index (χ2n) is 7.74. The average molecular weight is 416 g/mol. The van der Waals surface area contributed by atoms with Gasteiger partial charge in [0.2, 0.25) is 0 Å². The zero-order valence-corrected chi connectivity index (χ0v) is 16.5. The first-order valence-corrected chi connectivity index (χ1v) is 10.2. The third-order valence-electron chi connectivity index (χ3n) is 5.57. The first-order chi connectivity index (χ1) is 14.6. The van der Waals surface area contributed by atoms with Crippen molar-refractivity contribution in [3.8, 4) is 11.1 Å². The Balaban J connectivity index is 1.33. The molecule has 2 aromatic carbocycles. The summed E-state index contributed by atoms with van der Waals surface area (Å²) in [6.45, 7) is -0.392. The summed E-state index contributed by atoms with van der Waals surface area (Å²) in [5, 5.41) is 44.4. The van der Waals surface area contributed by atoms with Gasteiger partial charge in [0.15, 0.2) is 0 Å². The van der Waals surface area contributed by atoms with Gasteiger partial charge in [0.25, 0.3) is 0 Å². The summed E-state index contributed by atoms with van der Waals surface area (Å²) < 4.78 is 11.1. The molecule has 0 aliphatic carbocycles. The van der Waals surface area contributed by atoms with Gasteiger partial charge in [-0.25, -0.2) is 0 Å². The number of hydrogen-bond acceptors (Lipinski definition) is 8. The number of ether oxygens (including phenoxy) is 2. The summed E-state index contributed by atoms with van der Waals surface area (Å²) in [7, 11) is 0. The van der Waals surface area contributed by atoms with Crippen molar-refractivity contribution in [2.45, 2.75) is 49.7 Å². The number of aliphatic hydroxyl groups is 4. The van der Waals surface area contributed by atoms with Crippen LogP contribution in [0.15, 0.2) is 48.5 Å². The van der Waals surface area contributed by atoms with Gasteiger partial charge in [-0.3, -0.25) is 0 Å². The fraction of sp³-hybridized carbons (Fsp3) is 0.455. The number of aliphatic hydroxyl groups excluding tert-OH is 4. The normalized spacial score (nSPS) is 31.1. The second-order valence-corrected chi connectivity index (χ2v) is 7.74. The second kappa shape index (κ2) is 9.30. The molecule has 0 radical (unpaired) electrons. The van der Waals surface area contributed by atoms with Crippen molar-refractivity contribution in [3.63, 3.8) is 0 Å². The molecule has 0 aromatic heterocycles. The van der Waals surface area contributed by atoms with Crippen LogP contribution in [0.25, 0.3) is 11.1 Å². The standard InChI is InChI=1S/C22H28N2O6/c25-11-19-17(27)9-21(29-19)23-15-5-1-13(2-6-15)14-3-7-16(8-4-14)24-22-10-18(28)20(12-26)30-22/h1-8,17-28H,9-12H2/t17-,18+,19-,20-,21+,22-/m1/s1. The van der Waals surface area contributed by atoms with Crippen molar-refractivity contribution in [2.24, 2.45) is 0 Å². The van der Waals surface area contributed by atoms with E-state index in [-0.39, 0.29) is 25.7 Å². The molecule has 2 saturated heterocycles. The lowest BCUT2D eigenvalue weighted by molar-refractivity contribution is -0.0149. The lowest BCUT2D eigenvalue weighted by Crippen LogP contribution is -2.25. The van der Waals surface area contributed by atoms with Crippen LogP contribution in [0.1, 0.15) is 12.8 Å². The highest BCUT2D eigenvalue weighted by Crippen LogP contribution is 2.27. The Morgan fingerprint density at radius 3 is 1.33 bits per heavy atom. The molecule has 6 N–H and O–H groups in total. The quantitative estimate of drug-likeness (QED) is 0.397. The molecule has 8 heteroatoms. The Labute approximate surface area is 175 Å². The van der Waals surface area contributed by atoms with Crippen LogP contribution in [0.5, 0.6) is 0 Å². The van der Waals surface area contributed by atoms with E-state index in [2.05, 4.69) is 10.6 Å². The van der Waals surface area contributed by atoms with Crippen LogP contribution in [0.2, 0.25) is 0 Å². The zero-order chi connectivity index (χ0) is 21.1. The number of benzene rings is 2. The van der Waals surface area contributed by atoms with Gasteiger partial charge in [-0.05, 0) is 35.4 Å². The molecule has 0 spiro atoms. The Morgan fingerprint density at radius 1 is 0.667 bits per heavy atom. The van der Waals surface area contributed by atoms with Crippen molar-refractivity contribution in [2.75, 3.05) is 23.8 Å². The SMILES string of the molecule is OC[C@H]1O[C@H](Nc2ccc(-c3ccc(N[C@H]4C[C@H](O)[C@@H](CO)O4)cc3)cc2)C[C@H]1O. The molecule has 2 aliphatic heterocycles. The first kappa shape index (κ1) is 21.0. The van der Waals surface area contributed by atoms with Crippen LogP contribution in [0, 0.1) is 0 Å². The number of hydrogen-bond donors (Lipinski definition) is 6. The van der Waals surface area contributed by atoms with E-state index in [4.69, 9.17) is 9.47 Å². The van der Waals surface area contributed by atoms with Crippen molar-refractivity contribution in [3.05, 3.63) is 48.5 Å². The predicted molar refractivity (Wildman–Crippen MR) is 112 cm³/mol. The Hall–Kier alpha value is -2.20. The van der Waals surface area contributed by atoms with Gasteiger partial charge in [0.05, 0.1) is 25.4 Å². The zero-order valence-electron chi connectivity index (χ0n) is 16.5. The van der Waals surface area contributed by atoms with Crippen molar-refractivity contribution in [1.82, 2.24) is 0 Å². The summed E-state index contributed by atoms with van der Waals surface area (Å²) >= 11 is 0. The maximum atomic E-state index is 9.82. The van der Waals surface area contributed by atoms with Gasteiger partial charge in [0.1, 0.15) is 24.7 Å². The number of rotatable bonds is 7. The van der Waals surface area contributed by atoms with E-state index in [0.717, 1.165) is 22.5 Å². The molecule has 0 unspecified atom stereocenters. The molecule has 2 aromatic rings. The number of nitrogens with one attached hydrogen (secondary N) is 2. The Kier molecular flexibility index (Phi) is 6.52. The van der Waals surface area contributed by atoms with Crippen molar-refractivity contribution >= 4 is 11.4 Å². The molecular formula is C22H28N2O6. The monoisotopic (exact) mass is 416 g/mol. The minimum absolute atomic E-state index is 0.196. The molecular weight excluding hydrogens is 388 g/mol. The largest absolute Gasteiger partial charge is 0.394 e. The molecule has 8 nitrogen and oxygen atoms in total. The molecule has 6 atom stereocenters. The first-order valence-electron chi connectivity index (χ1n) is 10.2. The lowest BCUT2D eigenvalue weighted by atomic mass is 10.0. The third-order valence-corrected chi connectivity index (χ3v) is 5.57. The van der Waals surface area contributed by atoms with Crippen LogP contribution in [0.3, 0.4) is 0 Å². The van der Waals surface area contributed by atoms with E-state index >= 15 is 0 Å². The highest BCUT2D eigenvalue weighted by atomic mass is 16.5. The highest BCUT2D eigenvalue weighted by Gasteiger charge is 2.34. The van der Waals surface area contributed by atoms with E-state index in [1.165, 1.54) is 0 Å². The van der Waals surface area contributed by atoms with E-state index in [1.54, 1.807) is 0 Å². The topological polar surface area (TPSA) is 123 Å². The summed E-state index contributed by atoms with van der Waals surface area (Å²) in [5.74, 6) is 0. The van der Waals surface area contributed by atoms with Gasteiger partial charge in [-0.2, -0.15) is 0 Å². The maximum absolute atomic E-state index is 9.82. The fourth-order valence-electron chi connectivity index (χ4n) is 3.86. The van der Waals surface area contributed by atoms with Crippen LogP contribution in [-0.4, -0.2) is 70.5 Å². The number of anilines is 2. The molecule has 2 aliphatic rings. The molecule has 0 amide bonds. The van der Waals surface area contributed by atoms with Crippen LogP contribution >= 0.6 is 0 Å². The highest BCUT2D eigenvalue weighted by molar-refractivity contribution is 5.68. The molecule has 0 saturated carbocycles. The molecule has 0 bridgehead atoms. The van der Waals surface area contributed by atoms with Gasteiger partial charge in [-0.1, -0.05) is 24.3 Å². The third kappa shape index (κ3) is 4.75. The molecule has 2 fully saturated rings. The summed E-state index contributed by atoms with van der Waals surface area (Å²) in [6, 6.07) is 15.8.